The fraction of sp³-hybridized carbons (Fsp3) is 0.333. The highest BCUT2D eigenvalue weighted by Gasteiger charge is 2.35. The molecule has 0 unspecified atom stereocenters. The van der Waals surface area contributed by atoms with Crippen LogP contribution in [0.5, 0.6) is 5.75 Å². The molecule has 3 rings (SSSR count). The highest BCUT2D eigenvalue weighted by atomic mass is 32.1. The van der Waals surface area contributed by atoms with E-state index >= 15 is 0 Å². The van der Waals surface area contributed by atoms with E-state index in [0.29, 0.717) is 10.9 Å². The first-order valence-electron chi connectivity index (χ1n) is 7.94. The van der Waals surface area contributed by atoms with E-state index in [-0.39, 0.29) is 11.2 Å². The van der Waals surface area contributed by atoms with E-state index < -0.39 is 0 Å². The Morgan fingerprint density at radius 1 is 1.13 bits per heavy atom. The highest BCUT2D eigenvalue weighted by Crippen LogP contribution is 2.40. The van der Waals surface area contributed by atoms with Crippen LogP contribution < -0.4 is 10.6 Å². The Morgan fingerprint density at radius 2 is 1.87 bits per heavy atom. The van der Waals surface area contributed by atoms with Crippen molar-refractivity contribution in [3.05, 3.63) is 54.2 Å². The van der Waals surface area contributed by atoms with Crippen molar-refractivity contribution in [2.45, 2.75) is 31.1 Å². The van der Waals surface area contributed by atoms with Gasteiger partial charge in [-0.3, -0.25) is 0 Å². The van der Waals surface area contributed by atoms with Gasteiger partial charge in [0.2, 0.25) is 0 Å². The van der Waals surface area contributed by atoms with Crippen LogP contribution in [0.25, 0.3) is 0 Å². The minimum Gasteiger partial charge on any atom is -0.504 e. The molecule has 0 atom stereocenters. The maximum atomic E-state index is 9.76. The van der Waals surface area contributed by atoms with Crippen molar-refractivity contribution >= 4 is 23.1 Å². The molecule has 23 heavy (non-hydrogen) atoms. The van der Waals surface area contributed by atoms with Crippen LogP contribution in [0.2, 0.25) is 0 Å². The first-order chi connectivity index (χ1) is 11.2. The molecule has 0 aliphatic heterocycles. The lowest BCUT2D eigenvalue weighted by Crippen LogP contribution is -2.40. The Labute approximate surface area is 142 Å². The van der Waals surface area contributed by atoms with Crippen LogP contribution in [-0.2, 0) is 5.41 Å². The van der Waals surface area contributed by atoms with Crippen molar-refractivity contribution < 1.29 is 5.11 Å². The molecule has 3 N–H and O–H groups in total. The van der Waals surface area contributed by atoms with Crippen LogP contribution in [0.15, 0.2) is 48.7 Å². The quantitative estimate of drug-likeness (QED) is 0.749. The number of aromatic nitrogens is 1. The summed E-state index contributed by atoms with van der Waals surface area (Å²) in [5.74, 6) is 0.473. The number of hydrogen-bond donors (Lipinski definition) is 3. The summed E-state index contributed by atoms with van der Waals surface area (Å²) in [7, 11) is 0. The molecular weight excluding hydrogens is 306 g/mol. The zero-order chi connectivity index (χ0) is 16.1. The monoisotopic (exact) mass is 327 g/mol. The summed E-state index contributed by atoms with van der Waals surface area (Å²) in [6.45, 7) is 0.788. The van der Waals surface area contributed by atoms with Crippen molar-refractivity contribution in [3.63, 3.8) is 0 Å². The van der Waals surface area contributed by atoms with Gasteiger partial charge in [0.15, 0.2) is 16.7 Å². The SMILES string of the molecule is Oc1cccnc1NC(=S)NCC1(c2ccccc2)CCCC1. The lowest BCUT2D eigenvalue weighted by atomic mass is 9.79. The Morgan fingerprint density at radius 3 is 2.57 bits per heavy atom. The summed E-state index contributed by atoms with van der Waals surface area (Å²) in [4.78, 5) is 4.08. The molecular formula is C18H21N3OS. The van der Waals surface area contributed by atoms with Gasteiger partial charge in [0.1, 0.15) is 0 Å². The summed E-state index contributed by atoms with van der Waals surface area (Å²) in [5, 5.41) is 16.5. The molecule has 0 spiro atoms. The number of rotatable bonds is 4. The van der Waals surface area contributed by atoms with E-state index in [1.165, 1.54) is 31.2 Å². The second-order valence-electron chi connectivity index (χ2n) is 6.03. The Bertz CT molecular complexity index is 669. The summed E-state index contributed by atoms with van der Waals surface area (Å²) >= 11 is 5.36. The molecule has 2 aromatic rings. The van der Waals surface area contributed by atoms with E-state index in [0.717, 1.165) is 6.54 Å². The van der Waals surface area contributed by atoms with Crippen molar-refractivity contribution in [1.82, 2.24) is 10.3 Å². The first kappa shape index (κ1) is 15.7. The highest BCUT2D eigenvalue weighted by molar-refractivity contribution is 7.80. The van der Waals surface area contributed by atoms with Crippen LogP contribution in [0.3, 0.4) is 0 Å². The van der Waals surface area contributed by atoms with Crippen LogP contribution >= 0.6 is 12.2 Å². The van der Waals surface area contributed by atoms with Gasteiger partial charge in [-0.05, 0) is 42.8 Å². The van der Waals surface area contributed by atoms with Gasteiger partial charge in [0, 0.05) is 18.2 Å². The van der Waals surface area contributed by atoms with Crippen molar-refractivity contribution in [2.75, 3.05) is 11.9 Å². The van der Waals surface area contributed by atoms with Gasteiger partial charge in [-0.1, -0.05) is 43.2 Å². The molecule has 1 aromatic heterocycles. The average molecular weight is 327 g/mol. The van der Waals surface area contributed by atoms with Crippen molar-refractivity contribution in [3.8, 4) is 5.75 Å². The normalized spacial score (nSPS) is 16.0. The zero-order valence-corrected chi connectivity index (χ0v) is 13.8. The number of aromatic hydroxyl groups is 1. The van der Waals surface area contributed by atoms with E-state index in [9.17, 15) is 5.11 Å². The lowest BCUT2D eigenvalue weighted by Gasteiger charge is -2.30. The lowest BCUT2D eigenvalue weighted by molar-refractivity contribution is 0.435. The number of hydrogen-bond acceptors (Lipinski definition) is 3. The van der Waals surface area contributed by atoms with Crippen LogP contribution in [0.1, 0.15) is 31.2 Å². The average Bonchev–Trinajstić information content (AvgIpc) is 3.06. The molecule has 1 saturated carbocycles. The molecule has 0 radical (unpaired) electrons. The van der Waals surface area contributed by atoms with Gasteiger partial charge in [-0.25, -0.2) is 4.98 Å². The smallest absolute Gasteiger partial charge is 0.174 e. The van der Waals surface area contributed by atoms with Gasteiger partial charge in [0.05, 0.1) is 0 Å². The van der Waals surface area contributed by atoms with E-state index in [1.54, 1.807) is 18.3 Å². The number of anilines is 1. The molecule has 1 aromatic carbocycles. The molecule has 4 nitrogen and oxygen atoms in total. The predicted molar refractivity (Wildman–Crippen MR) is 96.7 cm³/mol. The number of thiocarbonyl (C=S) groups is 1. The molecule has 120 valence electrons. The number of nitrogens with one attached hydrogen (secondary N) is 2. The zero-order valence-electron chi connectivity index (χ0n) is 13.0. The molecule has 0 saturated heterocycles. The van der Waals surface area contributed by atoms with Gasteiger partial charge in [-0.15, -0.1) is 0 Å². The summed E-state index contributed by atoms with van der Waals surface area (Å²) in [6.07, 6.45) is 6.45. The molecule has 0 amide bonds. The third-order valence-electron chi connectivity index (χ3n) is 4.55. The third-order valence-corrected chi connectivity index (χ3v) is 4.80. The molecule has 0 bridgehead atoms. The molecule has 1 aliphatic carbocycles. The van der Waals surface area contributed by atoms with Gasteiger partial charge in [0.25, 0.3) is 0 Å². The Kier molecular flexibility index (Phi) is 4.76. The number of pyridine rings is 1. The van der Waals surface area contributed by atoms with Crippen LogP contribution in [0, 0.1) is 0 Å². The standard InChI is InChI=1S/C18H21N3OS/c22-15-9-6-12-19-16(15)21-17(23)20-13-18(10-4-5-11-18)14-7-2-1-3-8-14/h1-3,6-9,12,22H,4-5,10-11,13H2,(H2,19,20,21,23). The van der Waals surface area contributed by atoms with Gasteiger partial charge >= 0.3 is 0 Å². The van der Waals surface area contributed by atoms with E-state index in [2.05, 4.69) is 45.9 Å². The minimum absolute atomic E-state index is 0.0929. The maximum Gasteiger partial charge on any atom is 0.174 e. The van der Waals surface area contributed by atoms with Gasteiger partial charge < -0.3 is 15.7 Å². The van der Waals surface area contributed by atoms with Crippen LogP contribution in [-0.4, -0.2) is 21.7 Å². The number of benzene rings is 1. The van der Waals surface area contributed by atoms with Gasteiger partial charge in [-0.2, -0.15) is 0 Å². The summed E-state index contributed by atoms with van der Waals surface area (Å²) in [5.41, 5.74) is 1.51. The topological polar surface area (TPSA) is 57.2 Å². The second-order valence-corrected chi connectivity index (χ2v) is 6.44. The fourth-order valence-corrected chi connectivity index (χ4v) is 3.47. The molecule has 1 heterocycles. The summed E-state index contributed by atoms with van der Waals surface area (Å²) in [6, 6.07) is 13.9. The third kappa shape index (κ3) is 3.62. The largest absolute Gasteiger partial charge is 0.504 e. The van der Waals surface area contributed by atoms with Crippen molar-refractivity contribution in [2.24, 2.45) is 0 Å². The predicted octanol–water partition coefficient (Wildman–Crippen LogP) is 3.59. The van der Waals surface area contributed by atoms with E-state index in [4.69, 9.17) is 12.2 Å². The fourth-order valence-electron chi connectivity index (χ4n) is 3.31. The maximum absolute atomic E-state index is 9.76. The molecule has 5 heteroatoms. The molecule has 1 fully saturated rings. The summed E-state index contributed by atoms with van der Waals surface area (Å²) < 4.78 is 0. The minimum atomic E-state index is 0.0929. The van der Waals surface area contributed by atoms with E-state index in [1.807, 2.05) is 0 Å². The Balaban J connectivity index is 1.66. The molecule has 1 aliphatic rings. The Hall–Kier alpha value is -2.14. The van der Waals surface area contributed by atoms with Crippen LogP contribution in [0.4, 0.5) is 5.82 Å². The number of nitrogens with zero attached hydrogens (tertiary/aromatic N) is 1. The second kappa shape index (κ2) is 6.96. The van der Waals surface area contributed by atoms with Crippen molar-refractivity contribution in [1.29, 1.82) is 0 Å². The first-order valence-corrected chi connectivity index (χ1v) is 8.35.